The molecule has 0 fully saturated rings. The molecule has 198 valence electrons. The van der Waals surface area contributed by atoms with E-state index in [2.05, 4.69) is 20.4 Å². The van der Waals surface area contributed by atoms with E-state index in [1.54, 1.807) is 0 Å². The van der Waals surface area contributed by atoms with E-state index < -0.39 is 5.97 Å². The van der Waals surface area contributed by atoms with E-state index in [-0.39, 0.29) is 5.57 Å². The van der Waals surface area contributed by atoms with Gasteiger partial charge in [0, 0.05) is 5.57 Å². The Labute approximate surface area is 209 Å². The van der Waals surface area contributed by atoms with E-state index in [0.717, 1.165) is 0 Å². The molecule has 0 radical (unpaired) electrons. The Morgan fingerprint density at radius 2 is 0.576 bits per heavy atom. The predicted octanol–water partition coefficient (Wildman–Crippen LogP) is 11.4. The lowest BCUT2D eigenvalue weighted by atomic mass is 10.0. The van der Waals surface area contributed by atoms with Crippen LogP contribution in [-0.2, 0) is 4.79 Å². The van der Waals surface area contributed by atoms with Crippen molar-refractivity contribution in [2.45, 2.75) is 181 Å². The Morgan fingerprint density at radius 1 is 0.455 bits per heavy atom. The van der Waals surface area contributed by atoms with Crippen molar-refractivity contribution in [1.29, 1.82) is 0 Å². The van der Waals surface area contributed by atoms with Crippen LogP contribution < -0.4 is 0 Å². The lowest BCUT2D eigenvalue weighted by molar-refractivity contribution is -0.132. The first-order valence-electron chi connectivity index (χ1n) is 14.9. The Balaban J connectivity index is 0. The summed E-state index contributed by atoms with van der Waals surface area (Å²) in [5, 5.41) is 7.89. The van der Waals surface area contributed by atoms with Crippen molar-refractivity contribution in [3.8, 4) is 0 Å². The van der Waals surface area contributed by atoms with E-state index in [1.807, 2.05) is 0 Å². The van der Waals surface area contributed by atoms with Crippen molar-refractivity contribution < 1.29 is 9.90 Å². The van der Waals surface area contributed by atoms with E-state index in [0.29, 0.717) is 0 Å². The molecule has 0 atom stereocenters. The van der Waals surface area contributed by atoms with Gasteiger partial charge in [-0.15, -0.1) is 0 Å². The summed E-state index contributed by atoms with van der Waals surface area (Å²) in [5.41, 5.74) is 0.176. The molecule has 0 heterocycles. The van der Waals surface area contributed by atoms with Crippen LogP contribution in [0, 0.1) is 0 Å². The van der Waals surface area contributed by atoms with Gasteiger partial charge in [-0.25, -0.2) is 4.79 Å². The Bertz CT molecular complexity index is 352. The van der Waals surface area contributed by atoms with Crippen LogP contribution in [0.1, 0.15) is 181 Å². The molecule has 0 amide bonds. The molecule has 0 aliphatic heterocycles. The molecule has 0 aliphatic carbocycles. The number of hydrogen-bond acceptors (Lipinski definition) is 1. The Kier molecular flexibility index (Phi) is 32.5. The third-order valence-electron chi connectivity index (χ3n) is 6.57. The van der Waals surface area contributed by atoms with Gasteiger partial charge in [0.1, 0.15) is 0 Å². The van der Waals surface area contributed by atoms with Crippen LogP contribution in [0.4, 0.5) is 0 Å². The van der Waals surface area contributed by atoms with Crippen LogP contribution >= 0.6 is 0 Å². The van der Waals surface area contributed by atoms with Gasteiger partial charge in [0.05, 0.1) is 0 Å². The smallest absolute Gasteiger partial charge is 0.330 e. The standard InChI is InChI=1S/C27H56.C4H6O2/c1-3-5-7-9-11-13-15-17-19-21-23-25-27-26-24-22-20-18-16-14-12-10-8-6-4-2;1-3(2)4(5)6/h3-27H2,1-2H3;1H2,2H3,(H,5,6). The lowest BCUT2D eigenvalue weighted by Gasteiger charge is -2.04. The first-order valence-corrected chi connectivity index (χ1v) is 14.9. The number of hydrogen-bond donors (Lipinski definition) is 1. The highest BCUT2D eigenvalue weighted by molar-refractivity contribution is 5.84. The molecule has 0 saturated heterocycles. The second kappa shape index (κ2) is 31.2. The molecule has 0 aromatic carbocycles. The molecular weight excluding hydrogens is 404 g/mol. The number of carbonyl (C=O) groups is 1. The van der Waals surface area contributed by atoms with Crippen LogP contribution in [0.15, 0.2) is 12.2 Å². The van der Waals surface area contributed by atoms with Gasteiger partial charge < -0.3 is 5.11 Å². The second-order valence-electron chi connectivity index (χ2n) is 10.2. The fraction of sp³-hybridized carbons (Fsp3) is 0.903. The highest BCUT2D eigenvalue weighted by Gasteiger charge is 1.96. The summed E-state index contributed by atoms with van der Waals surface area (Å²) in [5.74, 6) is -0.935. The summed E-state index contributed by atoms with van der Waals surface area (Å²) in [6.45, 7) is 9.21. The van der Waals surface area contributed by atoms with Crippen molar-refractivity contribution >= 4 is 5.97 Å². The Morgan fingerprint density at radius 3 is 0.667 bits per heavy atom. The van der Waals surface area contributed by atoms with Crippen LogP contribution in [-0.4, -0.2) is 11.1 Å². The summed E-state index contributed by atoms with van der Waals surface area (Å²) in [7, 11) is 0. The first-order chi connectivity index (χ1) is 16.1. The van der Waals surface area contributed by atoms with Crippen LogP contribution in [0.3, 0.4) is 0 Å². The van der Waals surface area contributed by atoms with Gasteiger partial charge in [0.25, 0.3) is 0 Å². The number of unbranched alkanes of at least 4 members (excludes halogenated alkanes) is 24. The van der Waals surface area contributed by atoms with Gasteiger partial charge in [-0.1, -0.05) is 181 Å². The third-order valence-corrected chi connectivity index (χ3v) is 6.57. The van der Waals surface area contributed by atoms with Gasteiger partial charge in [-0.2, -0.15) is 0 Å². The molecular formula is C31H62O2. The molecule has 0 aliphatic rings. The van der Waals surface area contributed by atoms with Crippen molar-refractivity contribution in [2.75, 3.05) is 0 Å². The zero-order valence-electron chi connectivity index (χ0n) is 23.2. The maximum absolute atomic E-state index is 9.60. The normalized spacial score (nSPS) is 10.6. The van der Waals surface area contributed by atoms with Gasteiger partial charge in [0.2, 0.25) is 0 Å². The molecule has 2 heteroatoms. The SMILES string of the molecule is C=C(C)C(=O)O.CCCCCCCCCCCCCCCCCCCCCCCCCCC. The largest absolute Gasteiger partial charge is 0.478 e. The van der Waals surface area contributed by atoms with E-state index in [1.165, 1.54) is 167 Å². The highest BCUT2D eigenvalue weighted by atomic mass is 16.4. The molecule has 0 spiro atoms. The van der Waals surface area contributed by atoms with Gasteiger partial charge in [-0.3, -0.25) is 0 Å². The fourth-order valence-electron chi connectivity index (χ4n) is 4.21. The number of rotatable bonds is 25. The molecule has 0 aromatic rings. The van der Waals surface area contributed by atoms with E-state index in [9.17, 15) is 4.79 Å². The highest BCUT2D eigenvalue weighted by Crippen LogP contribution is 2.15. The Hall–Kier alpha value is -0.790. The zero-order valence-corrected chi connectivity index (χ0v) is 23.2. The van der Waals surface area contributed by atoms with Crippen molar-refractivity contribution in [1.82, 2.24) is 0 Å². The minimum Gasteiger partial charge on any atom is -0.478 e. The molecule has 2 nitrogen and oxygen atoms in total. The quantitative estimate of drug-likeness (QED) is 0.107. The fourth-order valence-corrected chi connectivity index (χ4v) is 4.21. The maximum atomic E-state index is 9.60. The second-order valence-corrected chi connectivity index (χ2v) is 10.2. The average Bonchev–Trinajstić information content (AvgIpc) is 2.80. The summed E-state index contributed by atoms with van der Waals surface area (Å²) >= 11 is 0. The van der Waals surface area contributed by atoms with E-state index >= 15 is 0 Å². The summed E-state index contributed by atoms with van der Waals surface area (Å²) in [6.07, 6.45) is 36.9. The van der Waals surface area contributed by atoms with Crippen molar-refractivity contribution in [2.24, 2.45) is 0 Å². The summed E-state index contributed by atoms with van der Waals surface area (Å²) in [4.78, 5) is 9.60. The van der Waals surface area contributed by atoms with Gasteiger partial charge in [-0.05, 0) is 6.92 Å². The summed E-state index contributed by atoms with van der Waals surface area (Å²) < 4.78 is 0. The molecule has 1 N–H and O–H groups in total. The third kappa shape index (κ3) is 36.0. The van der Waals surface area contributed by atoms with Gasteiger partial charge >= 0.3 is 5.97 Å². The van der Waals surface area contributed by atoms with Crippen LogP contribution in [0.25, 0.3) is 0 Å². The molecule has 0 rings (SSSR count). The molecule has 0 aromatic heterocycles. The predicted molar refractivity (Wildman–Crippen MR) is 149 cm³/mol. The van der Waals surface area contributed by atoms with E-state index in [4.69, 9.17) is 5.11 Å². The molecule has 33 heavy (non-hydrogen) atoms. The minimum absolute atomic E-state index is 0.176. The maximum Gasteiger partial charge on any atom is 0.330 e. The topological polar surface area (TPSA) is 37.3 Å². The first kappa shape index (κ1) is 34.4. The number of aliphatic carboxylic acids is 1. The summed E-state index contributed by atoms with van der Waals surface area (Å²) in [6, 6.07) is 0. The zero-order chi connectivity index (χ0) is 24.8. The van der Waals surface area contributed by atoms with Gasteiger partial charge in [0.15, 0.2) is 0 Å². The molecule has 0 saturated carbocycles. The average molecular weight is 467 g/mol. The van der Waals surface area contributed by atoms with Crippen LogP contribution in [0.5, 0.6) is 0 Å². The van der Waals surface area contributed by atoms with Crippen molar-refractivity contribution in [3.05, 3.63) is 12.2 Å². The number of carboxylic acid groups (broad SMARTS) is 1. The monoisotopic (exact) mass is 466 g/mol. The van der Waals surface area contributed by atoms with Crippen LogP contribution in [0.2, 0.25) is 0 Å². The number of carboxylic acids is 1. The minimum atomic E-state index is -0.935. The molecule has 0 bridgehead atoms. The lowest BCUT2D eigenvalue weighted by Crippen LogP contribution is -1.92. The van der Waals surface area contributed by atoms with Crippen molar-refractivity contribution in [3.63, 3.8) is 0 Å². The molecule has 0 unspecified atom stereocenters.